The molecule has 0 aromatic heterocycles. The van der Waals surface area contributed by atoms with Crippen molar-refractivity contribution in [2.75, 3.05) is 23.1 Å². The minimum absolute atomic E-state index is 0.0972. The van der Waals surface area contributed by atoms with Gasteiger partial charge in [0.2, 0.25) is 5.91 Å². The van der Waals surface area contributed by atoms with Crippen LogP contribution in [0.1, 0.15) is 6.92 Å². The first-order valence-corrected chi connectivity index (χ1v) is 6.00. The van der Waals surface area contributed by atoms with Crippen molar-refractivity contribution in [1.29, 1.82) is 0 Å². The molecule has 0 spiro atoms. The Morgan fingerprint density at radius 2 is 2.28 bits per heavy atom. The fourth-order valence-electron chi connectivity index (χ4n) is 1.79. The summed E-state index contributed by atoms with van der Waals surface area (Å²) in [6.07, 6.45) is -0.526. The number of hydrogen-bond acceptors (Lipinski definition) is 3. The van der Waals surface area contributed by atoms with Crippen LogP contribution in [0.4, 0.5) is 11.4 Å². The summed E-state index contributed by atoms with van der Waals surface area (Å²) >= 11 is 5.41. The standard InChI is InChI=1S/C12H13ClN2O3/c1-7-12(17)15(2)9-4-3-8(5-10(9)18-7)14-11(16)6-13/h3-5,7H,6H2,1-2H3,(H,14,16). The second kappa shape index (κ2) is 4.86. The van der Waals surface area contributed by atoms with Gasteiger partial charge in [0.15, 0.2) is 6.10 Å². The van der Waals surface area contributed by atoms with Gasteiger partial charge >= 0.3 is 0 Å². The SMILES string of the molecule is CC1Oc2cc(NC(=O)CCl)ccc2N(C)C1=O. The number of alkyl halides is 1. The summed E-state index contributed by atoms with van der Waals surface area (Å²) in [5.74, 6) is 0.0779. The van der Waals surface area contributed by atoms with E-state index in [2.05, 4.69) is 5.32 Å². The van der Waals surface area contributed by atoms with Gasteiger partial charge in [-0.3, -0.25) is 9.59 Å². The van der Waals surface area contributed by atoms with Crippen LogP contribution in [-0.2, 0) is 9.59 Å². The summed E-state index contributed by atoms with van der Waals surface area (Å²) in [4.78, 5) is 24.4. The lowest BCUT2D eigenvalue weighted by Crippen LogP contribution is -2.41. The molecule has 1 aliphatic heterocycles. The zero-order valence-electron chi connectivity index (χ0n) is 10.1. The summed E-state index contributed by atoms with van der Waals surface area (Å²) in [5.41, 5.74) is 1.27. The van der Waals surface area contributed by atoms with Crippen molar-refractivity contribution < 1.29 is 14.3 Å². The summed E-state index contributed by atoms with van der Waals surface area (Å²) in [5, 5.41) is 2.63. The Bertz CT molecular complexity index is 504. The van der Waals surface area contributed by atoms with Gasteiger partial charge in [-0.2, -0.15) is 0 Å². The molecule has 0 saturated carbocycles. The molecule has 1 aliphatic rings. The molecule has 2 rings (SSSR count). The molecule has 5 nitrogen and oxygen atoms in total. The molecule has 96 valence electrons. The zero-order chi connectivity index (χ0) is 13.3. The molecule has 1 aromatic carbocycles. The molecular weight excluding hydrogens is 256 g/mol. The Morgan fingerprint density at radius 1 is 1.56 bits per heavy atom. The van der Waals surface area contributed by atoms with E-state index in [4.69, 9.17) is 16.3 Å². The fourth-order valence-corrected chi connectivity index (χ4v) is 1.86. The third-order valence-corrected chi connectivity index (χ3v) is 2.95. The predicted molar refractivity (Wildman–Crippen MR) is 69.3 cm³/mol. The van der Waals surface area contributed by atoms with Gasteiger partial charge in [0.05, 0.1) is 5.69 Å². The fraction of sp³-hybridized carbons (Fsp3) is 0.333. The van der Waals surface area contributed by atoms with Crippen LogP contribution in [0, 0.1) is 0 Å². The van der Waals surface area contributed by atoms with E-state index in [1.807, 2.05) is 0 Å². The molecule has 1 N–H and O–H groups in total. The Hall–Kier alpha value is -1.75. The highest BCUT2D eigenvalue weighted by molar-refractivity contribution is 6.29. The molecule has 1 heterocycles. The maximum atomic E-state index is 11.7. The number of anilines is 2. The van der Waals surface area contributed by atoms with E-state index in [0.717, 1.165) is 0 Å². The lowest BCUT2D eigenvalue weighted by molar-refractivity contribution is -0.125. The molecule has 6 heteroatoms. The molecular formula is C12H13ClN2O3. The normalized spacial score (nSPS) is 18.1. The lowest BCUT2D eigenvalue weighted by Gasteiger charge is -2.30. The van der Waals surface area contributed by atoms with Crippen LogP contribution in [0.3, 0.4) is 0 Å². The van der Waals surface area contributed by atoms with Gasteiger partial charge < -0.3 is 15.0 Å². The number of nitrogens with zero attached hydrogens (tertiary/aromatic N) is 1. The van der Waals surface area contributed by atoms with Crippen LogP contribution in [0.15, 0.2) is 18.2 Å². The van der Waals surface area contributed by atoms with E-state index in [1.54, 1.807) is 32.2 Å². The van der Waals surface area contributed by atoms with E-state index in [0.29, 0.717) is 17.1 Å². The van der Waals surface area contributed by atoms with Crippen molar-refractivity contribution in [3.8, 4) is 5.75 Å². The van der Waals surface area contributed by atoms with E-state index in [9.17, 15) is 9.59 Å². The lowest BCUT2D eigenvalue weighted by atomic mass is 10.2. The van der Waals surface area contributed by atoms with Gasteiger partial charge in [0.1, 0.15) is 11.6 Å². The van der Waals surface area contributed by atoms with Crippen molar-refractivity contribution in [3.63, 3.8) is 0 Å². The van der Waals surface area contributed by atoms with Crippen LogP contribution in [0.25, 0.3) is 0 Å². The van der Waals surface area contributed by atoms with Crippen molar-refractivity contribution in [1.82, 2.24) is 0 Å². The Balaban J connectivity index is 2.30. The van der Waals surface area contributed by atoms with Crippen molar-refractivity contribution in [2.24, 2.45) is 0 Å². The van der Waals surface area contributed by atoms with Gasteiger partial charge in [-0.1, -0.05) is 0 Å². The number of halogens is 1. The second-order valence-electron chi connectivity index (χ2n) is 4.02. The third kappa shape index (κ3) is 2.26. The maximum Gasteiger partial charge on any atom is 0.267 e. The molecule has 0 fully saturated rings. The maximum absolute atomic E-state index is 11.7. The number of nitrogens with one attached hydrogen (secondary N) is 1. The predicted octanol–water partition coefficient (Wildman–Crippen LogP) is 1.61. The Morgan fingerprint density at radius 3 is 2.94 bits per heavy atom. The second-order valence-corrected chi connectivity index (χ2v) is 4.29. The van der Waals surface area contributed by atoms with Gasteiger partial charge in [-0.15, -0.1) is 11.6 Å². The molecule has 0 bridgehead atoms. The van der Waals surface area contributed by atoms with Gasteiger partial charge in [-0.25, -0.2) is 0 Å². The molecule has 1 unspecified atom stereocenters. The largest absolute Gasteiger partial charge is 0.479 e. The molecule has 0 aliphatic carbocycles. The molecule has 0 saturated heterocycles. The topological polar surface area (TPSA) is 58.6 Å². The average Bonchev–Trinajstić information content (AvgIpc) is 2.35. The molecule has 0 radical (unpaired) electrons. The Kier molecular flexibility index (Phi) is 3.43. The van der Waals surface area contributed by atoms with Crippen LogP contribution in [0.2, 0.25) is 0 Å². The Labute approximate surface area is 110 Å². The number of likely N-dealkylation sites (N-methyl/N-ethyl adjacent to an activating group) is 1. The quantitative estimate of drug-likeness (QED) is 0.829. The molecule has 1 atom stereocenters. The number of amides is 2. The average molecular weight is 269 g/mol. The van der Waals surface area contributed by atoms with Gasteiger partial charge in [0, 0.05) is 18.8 Å². The minimum Gasteiger partial charge on any atom is -0.479 e. The number of carbonyl (C=O) groups excluding carboxylic acids is 2. The number of rotatable bonds is 2. The summed E-state index contributed by atoms with van der Waals surface area (Å²) in [6.45, 7) is 1.69. The number of benzene rings is 1. The highest BCUT2D eigenvalue weighted by Gasteiger charge is 2.28. The highest BCUT2D eigenvalue weighted by Crippen LogP contribution is 2.35. The number of hydrogen-bond donors (Lipinski definition) is 1. The van der Waals surface area contributed by atoms with Crippen LogP contribution in [0.5, 0.6) is 5.75 Å². The molecule has 2 amide bonds. The van der Waals surface area contributed by atoms with Crippen LogP contribution < -0.4 is 15.0 Å². The van der Waals surface area contributed by atoms with Crippen molar-refractivity contribution in [3.05, 3.63) is 18.2 Å². The van der Waals surface area contributed by atoms with Crippen molar-refractivity contribution in [2.45, 2.75) is 13.0 Å². The van der Waals surface area contributed by atoms with Crippen LogP contribution >= 0.6 is 11.6 Å². The van der Waals surface area contributed by atoms with E-state index in [-0.39, 0.29) is 17.7 Å². The third-order valence-electron chi connectivity index (χ3n) is 2.71. The first kappa shape index (κ1) is 12.7. The monoisotopic (exact) mass is 268 g/mol. The number of fused-ring (bicyclic) bond motifs is 1. The summed E-state index contributed by atoms with van der Waals surface area (Å²) in [7, 11) is 1.69. The summed E-state index contributed by atoms with van der Waals surface area (Å²) in [6, 6.07) is 5.11. The van der Waals surface area contributed by atoms with Gasteiger partial charge in [0.25, 0.3) is 5.91 Å². The van der Waals surface area contributed by atoms with E-state index in [1.165, 1.54) is 4.90 Å². The van der Waals surface area contributed by atoms with E-state index < -0.39 is 6.10 Å². The molecule has 1 aromatic rings. The number of ether oxygens (including phenoxy) is 1. The van der Waals surface area contributed by atoms with Gasteiger partial charge in [-0.05, 0) is 19.1 Å². The summed E-state index contributed by atoms with van der Waals surface area (Å²) < 4.78 is 5.49. The highest BCUT2D eigenvalue weighted by atomic mass is 35.5. The first-order valence-electron chi connectivity index (χ1n) is 5.47. The number of carbonyl (C=O) groups is 2. The zero-order valence-corrected chi connectivity index (χ0v) is 10.8. The van der Waals surface area contributed by atoms with Crippen LogP contribution in [-0.4, -0.2) is 30.8 Å². The smallest absolute Gasteiger partial charge is 0.267 e. The minimum atomic E-state index is -0.526. The van der Waals surface area contributed by atoms with Crippen molar-refractivity contribution >= 4 is 34.8 Å². The molecule has 18 heavy (non-hydrogen) atoms. The first-order chi connectivity index (χ1) is 8.52. The van der Waals surface area contributed by atoms with E-state index >= 15 is 0 Å².